The van der Waals surface area contributed by atoms with Gasteiger partial charge in [-0.05, 0) is 34.5 Å². The Hall–Kier alpha value is -0.410. The zero-order valence-electron chi connectivity index (χ0n) is 6.97. The van der Waals surface area contributed by atoms with Crippen molar-refractivity contribution < 1.29 is 0 Å². The topological polar surface area (TPSA) is 24.9 Å². The van der Waals surface area contributed by atoms with Crippen molar-refractivity contribution in [3.63, 3.8) is 0 Å². The molecule has 1 aromatic heterocycles. The minimum atomic E-state index is 0.637. The molecule has 2 nitrogen and oxygen atoms in total. The van der Waals surface area contributed by atoms with Gasteiger partial charge >= 0.3 is 0 Å². The molecule has 0 aromatic carbocycles. The lowest BCUT2D eigenvalue weighted by Gasteiger charge is -2.27. The Labute approximate surface area is 80.5 Å². The molecule has 0 bridgehead atoms. The predicted molar refractivity (Wildman–Crippen MR) is 52.3 cm³/mol. The van der Waals surface area contributed by atoms with Crippen LogP contribution in [0.25, 0.3) is 0 Å². The number of hydrogen-bond acceptors (Lipinski definition) is 2. The van der Waals surface area contributed by atoms with Gasteiger partial charge in [0.25, 0.3) is 0 Å². The van der Waals surface area contributed by atoms with Gasteiger partial charge in [0.2, 0.25) is 0 Å². The summed E-state index contributed by atoms with van der Waals surface area (Å²) in [6.45, 7) is 4.27. The Kier molecular flexibility index (Phi) is 2.15. The number of nitrogens with one attached hydrogen (secondary N) is 1. The van der Waals surface area contributed by atoms with E-state index < -0.39 is 0 Å². The van der Waals surface area contributed by atoms with Gasteiger partial charge in [-0.3, -0.25) is 4.98 Å². The average Bonchev–Trinajstić information content (AvgIpc) is 1.91. The first-order valence-corrected chi connectivity index (χ1v) is 4.89. The molecule has 0 unspecified atom stereocenters. The molecule has 0 spiro atoms. The lowest BCUT2D eigenvalue weighted by atomic mass is 9.95. The van der Waals surface area contributed by atoms with Gasteiger partial charge in [-0.2, -0.15) is 0 Å². The van der Waals surface area contributed by atoms with Crippen molar-refractivity contribution in [2.75, 3.05) is 13.1 Å². The fourth-order valence-corrected chi connectivity index (χ4v) is 1.91. The first-order chi connectivity index (χ1) is 5.77. The number of pyridine rings is 1. The highest BCUT2D eigenvalue weighted by Crippen LogP contribution is 2.22. The fourth-order valence-electron chi connectivity index (χ4n) is 1.46. The largest absolute Gasteiger partial charge is 0.315 e. The Morgan fingerprint density at radius 1 is 1.58 bits per heavy atom. The Balaban J connectivity index is 2.31. The summed E-state index contributed by atoms with van der Waals surface area (Å²) in [5.41, 5.74) is 2.54. The molecule has 12 heavy (non-hydrogen) atoms. The van der Waals surface area contributed by atoms with E-state index in [0.29, 0.717) is 5.92 Å². The summed E-state index contributed by atoms with van der Waals surface area (Å²) in [6.07, 6.45) is 1.88. The highest BCUT2D eigenvalue weighted by molar-refractivity contribution is 9.10. The maximum atomic E-state index is 4.41. The van der Waals surface area contributed by atoms with E-state index in [0.717, 1.165) is 17.6 Å². The van der Waals surface area contributed by atoms with Gasteiger partial charge in [-0.25, -0.2) is 0 Å². The number of aromatic nitrogens is 1. The van der Waals surface area contributed by atoms with E-state index in [1.54, 1.807) is 0 Å². The molecule has 1 aliphatic rings. The molecule has 0 atom stereocenters. The summed E-state index contributed by atoms with van der Waals surface area (Å²) in [4.78, 5) is 4.41. The maximum Gasteiger partial charge on any atom is 0.0489 e. The van der Waals surface area contributed by atoms with Crippen molar-refractivity contribution in [2.45, 2.75) is 12.8 Å². The number of aryl methyl sites for hydroxylation is 1. The summed E-state index contributed by atoms with van der Waals surface area (Å²) in [7, 11) is 0. The molecule has 0 radical (unpaired) electrons. The summed E-state index contributed by atoms with van der Waals surface area (Å²) < 4.78 is 1.07. The Morgan fingerprint density at radius 2 is 2.33 bits per heavy atom. The molecular formula is C9H11BrN2. The van der Waals surface area contributed by atoms with Crippen molar-refractivity contribution in [1.82, 2.24) is 10.3 Å². The number of hydrogen-bond donors (Lipinski definition) is 1. The van der Waals surface area contributed by atoms with Crippen LogP contribution in [-0.2, 0) is 0 Å². The third kappa shape index (κ3) is 1.39. The molecule has 1 saturated heterocycles. The Morgan fingerprint density at radius 3 is 2.83 bits per heavy atom. The minimum Gasteiger partial charge on any atom is -0.315 e. The quantitative estimate of drug-likeness (QED) is 0.791. The summed E-state index contributed by atoms with van der Waals surface area (Å²) in [6, 6.07) is 2.13. The van der Waals surface area contributed by atoms with E-state index in [4.69, 9.17) is 0 Å². The highest BCUT2D eigenvalue weighted by Gasteiger charge is 2.21. The monoisotopic (exact) mass is 226 g/mol. The summed E-state index contributed by atoms with van der Waals surface area (Å²) in [5.74, 6) is 0.637. The third-order valence-corrected chi connectivity index (χ3v) is 2.69. The number of halogens is 1. The van der Waals surface area contributed by atoms with Crippen LogP contribution < -0.4 is 5.32 Å². The highest BCUT2D eigenvalue weighted by atomic mass is 79.9. The molecule has 2 heterocycles. The minimum absolute atomic E-state index is 0.637. The van der Waals surface area contributed by atoms with Gasteiger partial charge in [0.05, 0.1) is 0 Å². The summed E-state index contributed by atoms with van der Waals surface area (Å²) >= 11 is 3.41. The second kappa shape index (κ2) is 3.15. The Bertz CT molecular complexity index is 295. The van der Waals surface area contributed by atoms with Gasteiger partial charge in [-0.15, -0.1) is 0 Å². The summed E-state index contributed by atoms with van der Waals surface area (Å²) in [5, 5.41) is 3.25. The number of nitrogens with zero attached hydrogens (tertiary/aromatic N) is 1. The normalized spacial score (nSPS) is 17.5. The zero-order chi connectivity index (χ0) is 8.55. The van der Waals surface area contributed by atoms with Crippen molar-refractivity contribution >= 4 is 15.9 Å². The lowest BCUT2D eigenvalue weighted by Crippen LogP contribution is -2.40. The van der Waals surface area contributed by atoms with Gasteiger partial charge in [0.1, 0.15) is 0 Å². The van der Waals surface area contributed by atoms with Crippen LogP contribution in [0.2, 0.25) is 0 Å². The van der Waals surface area contributed by atoms with Crippen LogP contribution in [0.5, 0.6) is 0 Å². The molecule has 0 amide bonds. The van der Waals surface area contributed by atoms with E-state index >= 15 is 0 Å². The first kappa shape index (κ1) is 8.20. The molecule has 1 aliphatic heterocycles. The van der Waals surface area contributed by atoms with Crippen LogP contribution in [0.1, 0.15) is 17.2 Å². The van der Waals surface area contributed by atoms with Gasteiger partial charge < -0.3 is 5.32 Å². The van der Waals surface area contributed by atoms with E-state index in [9.17, 15) is 0 Å². The first-order valence-electron chi connectivity index (χ1n) is 4.10. The van der Waals surface area contributed by atoms with Crippen LogP contribution in [-0.4, -0.2) is 18.1 Å². The molecule has 1 fully saturated rings. The van der Waals surface area contributed by atoms with Gasteiger partial charge in [-0.1, -0.05) is 0 Å². The molecule has 0 aliphatic carbocycles. The van der Waals surface area contributed by atoms with Crippen molar-refractivity contribution in [1.29, 1.82) is 0 Å². The molecular weight excluding hydrogens is 216 g/mol. The van der Waals surface area contributed by atoms with Crippen LogP contribution in [0.3, 0.4) is 0 Å². The van der Waals surface area contributed by atoms with Crippen LogP contribution >= 0.6 is 15.9 Å². The second-order valence-electron chi connectivity index (χ2n) is 3.21. The molecule has 1 aromatic rings. The standard InChI is InChI=1S/C9H11BrN2/c1-6-2-8(10)5-12-9(6)7-3-11-4-7/h2,5,7,11H,3-4H2,1H3. The van der Waals surface area contributed by atoms with E-state index in [1.165, 1.54) is 11.3 Å². The van der Waals surface area contributed by atoms with E-state index in [-0.39, 0.29) is 0 Å². The van der Waals surface area contributed by atoms with Gasteiger partial charge in [0.15, 0.2) is 0 Å². The zero-order valence-corrected chi connectivity index (χ0v) is 8.56. The van der Waals surface area contributed by atoms with Crippen LogP contribution in [0.4, 0.5) is 0 Å². The van der Waals surface area contributed by atoms with Crippen molar-refractivity contribution in [3.05, 3.63) is 28.0 Å². The fraction of sp³-hybridized carbons (Fsp3) is 0.444. The van der Waals surface area contributed by atoms with E-state index in [1.807, 2.05) is 6.20 Å². The maximum absolute atomic E-state index is 4.41. The van der Waals surface area contributed by atoms with E-state index in [2.05, 4.69) is 39.2 Å². The lowest BCUT2D eigenvalue weighted by molar-refractivity contribution is 0.438. The number of rotatable bonds is 1. The SMILES string of the molecule is Cc1cc(Br)cnc1C1CNC1. The molecule has 64 valence electrons. The molecule has 1 N–H and O–H groups in total. The van der Waals surface area contributed by atoms with Crippen molar-refractivity contribution in [3.8, 4) is 0 Å². The van der Waals surface area contributed by atoms with Gasteiger partial charge in [0, 0.05) is 35.4 Å². The van der Waals surface area contributed by atoms with Crippen molar-refractivity contribution in [2.24, 2.45) is 0 Å². The molecule has 2 rings (SSSR count). The van der Waals surface area contributed by atoms with Crippen LogP contribution in [0, 0.1) is 6.92 Å². The smallest absolute Gasteiger partial charge is 0.0489 e. The molecule has 3 heteroatoms. The molecule has 0 saturated carbocycles. The van der Waals surface area contributed by atoms with Crippen LogP contribution in [0.15, 0.2) is 16.7 Å². The average molecular weight is 227 g/mol. The third-order valence-electron chi connectivity index (χ3n) is 2.25. The predicted octanol–water partition coefficient (Wildman–Crippen LogP) is 1.84. The second-order valence-corrected chi connectivity index (χ2v) is 4.13.